The third-order valence-electron chi connectivity index (χ3n) is 4.54. The summed E-state index contributed by atoms with van der Waals surface area (Å²) in [4.78, 5) is 14.1. The van der Waals surface area contributed by atoms with Gasteiger partial charge in [-0.05, 0) is 54.5 Å². The number of hydrogen-bond acceptors (Lipinski definition) is 2. The topological polar surface area (TPSA) is 46.3 Å². The molecule has 1 aliphatic rings. The quantitative estimate of drug-likeness (QED) is 0.918. The molecule has 0 saturated carbocycles. The van der Waals surface area contributed by atoms with Crippen molar-refractivity contribution in [2.75, 3.05) is 13.1 Å². The second-order valence-corrected chi connectivity index (χ2v) is 6.46. The molecule has 24 heavy (non-hydrogen) atoms. The molecule has 0 bridgehead atoms. The van der Waals surface area contributed by atoms with Crippen molar-refractivity contribution >= 4 is 5.91 Å². The number of rotatable bonds is 5. The molecular weight excluding hydrogens is 303 g/mol. The van der Waals surface area contributed by atoms with Gasteiger partial charge in [-0.25, -0.2) is 4.39 Å². The van der Waals surface area contributed by atoms with Gasteiger partial charge in [-0.15, -0.1) is 0 Å². The van der Waals surface area contributed by atoms with E-state index in [1.807, 2.05) is 29.2 Å². The fourth-order valence-corrected chi connectivity index (χ4v) is 3.14. The molecule has 3 nitrogen and oxygen atoms in total. The molecule has 0 aliphatic carbocycles. The van der Waals surface area contributed by atoms with Gasteiger partial charge in [0, 0.05) is 13.1 Å². The minimum Gasteiger partial charge on any atom is -0.341 e. The molecule has 126 valence electrons. The number of carbonyl (C=O) groups excluding carboxylic acids is 1. The molecule has 0 aromatic heterocycles. The van der Waals surface area contributed by atoms with Crippen molar-refractivity contribution in [3.8, 4) is 0 Å². The summed E-state index contributed by atoms with van der Waals surface area (Å²) in [6.45, 7) is 1.67. The van der Waals surface area contributed by atoms with Crippen LogP contribution in [0, 0.1) is 5.82 Å². The van der Waals surface area contributed by atoms with Gasteiger partial charge in [-0.1, -0.05) is 36.4 Å². The zero-order valence-corrected chi connectivity index (χ0v) is 13.7. The number of nitrogens with two attached hydrogens (primary N) is 1. The Morgan fingerprint density at radius 2 is 1.46 bits per heavy atom. The number of halogens is 1. The monoisotopic (exact) mass is 326 g/mol. The minimum atomic E-state index is -0.467. The molecule has 1 heterocycles. The Morgan fingerprint density at radius 1 is 0.958 bits per heavy atom. The molecule has 2 aromatic rings. The van der Waals surface area contributed by atoms with Gasteiger partial charge in [-0.3, -0.25) is 4.79 Å². The maximum absolute atomic E-state index is 12.9. The minimum absolute atomic E-state index is 0.0582. The van der Waals surface area contributed by atoms with Crippen LogP contribution in [-0.2, 0) is 17.6 Å². The predicted octanol–water partition coefficient (Wildman–Crippen LogP) is 2.91. The number of amides is 1. The molecule has 0 radical (unpaired) electrons. The lowest BCUT2D eigenvalue weighted by atomic mass is 10.0. The summed E-state index contributed by atoms with van der Waals surface area (Å²) in [7, 11) is 0. The van der Waals surface area contributed by atoms with E-state index in [-0.39, 0.29) is 11.7 Å². The van der Waals surface area contributed by atoms with Crippen LogP contribution in [0.25, 0.3) is 0 Å². The first-order valence-corrected chi connectivity index (χ1v) is 8.48. The summed E-state index contributed by atoms with van der Waals surface area (Å²) in [5.41, 5.74) is 9.38. The maximum Gasteiger partial charge on any atom is 0.239 e. The van der Waals surface area contributed by atoms with Gasteiger partial charge >= 0.3 is 0 Å². The third-order valence-corrected chi connectivity index (χ3v) is 4.54. The van der Waals surface area contributed by atoms with Gasteiger partial charge < -0.3 is 10.6 Å². The second kappa shape index (κ2) is 7.58. The standard InChI is InChI=1S/C20H23FN2O/c21-18-9-7-16(8-10-18)13-15-3-5-17(6-4-15)14-19(22)20(24)23-11-1-2-12-23/h3-10,19H,1-2,11-14,22H2/t19-/m0/s1. The average Bonchev–Trinajstić information content (AvgIpc) is 3.12. The number of carbonyl (C=O) groups is 1. The van der Waals surface area contributed by atoms with Gasteiger partial charge in [-0.2, -0.15) is 0 Å². The zero-order chi connectivity index (χ0) is 16.9. The van der Waals surface area contributed by atoms with Crippen molar-refractivity contribution in [2.24, 2.45) is 5.73 Å². The Kier molecular flexibility index (Phi) is 5.26. The SMILES string of the molecule is N[C@@H](Cc1ccc(Cc2ccc(F)cc2)cc1)C(=O)N1CCCC1. The molecule has 2 N–H and O–H groups in total. The number of nitrogens with zero attached hydrogens (tertiary/aromatic N) is 1. The van der Waals surface area contributed by atoms with Crippen LogP contribution in [-0.4, -0.2) is 29.9 Å². The van der Waals surface area contributed by atoms with E-state index >= 15 is 0 Å². The predicted molar refractivity (Wildman–Crippen MR) is 93.1 cm³/mol. The van der Waals surface area contributed by atoms with Gasteiger partial charge in [0.2, 0.25) is 5.91 Å². The van der Waals surface area contributed by atoms with Crippen molar-refractivity contribution < 1.29 is 9.18 Å². The largest absolute Gasteiger partial charge is 0.341 e. The van der Waals surface area contributed by atoms with Crippen LogP contribution in [0.15, 0.2) is 48.5 Å². The number of benzene rings is 2. The van der Waals surface area contributed by atoms with Crippen LogP contribution in [0.3, 0.4) is 0 Å². The molecular formula is C20H23FN2O. The molecule has 2 aromatic carbocycles. The van der Waals surface area contributed by atoms with Crippen molar-refractivity contribution in [1.82, 2.24) is 4.90 Å². The maximum atomic E-state index is 12.9. The lowest BCUT2D eigenvalue weighted by Crippen LogP contribution is -2.43. The van der Waals surface area contributed by atoms with Crippen molar-refractivity contribution in [3.05, 3.63) is 71.0 Å². The van der Waals surface area contributed by atoms with Gasteiger partial charge in [0.05, 0.1) is 6.04 Å². The zero-order valence-electron chi connectivity index (χ0n) is 13.7. The van der Waals surface area contributed by atoms with Crippen LogP contribution in [0.1, 0.15) is 29.5 Å². The molecule has 1 amide bonds. The summed E-state index contributed by atoms with van der Waals surface area (Å²) >= 11 is 0. The summed E-state index contributed by atoms with van der Waals surface area (Å²) < 4.78 is 12.9. The number of hydrogen-bond donors (Lipinski definition) is 1. The summed E-state index contributed by atoms with van der Waals surface area (Å²) in [5.74, 6) is -0.159. The van der Waals surface area contributed by atoms with E-state index in [4.69, 9.17) is 5.73 Å². The lowest BCUT2D eigenvalue weighted by Gasteiger charge is -2.20. The fourth-order valence-electron chi connectivity index (χ4n) is 3.14. The van der Waals surface area contributed by atoms with Crippen LogP contribution in [0.5, 0.6) is 0 Å². The molecule has 0 spiro atoms. The Balaban J connectivity index is 1.57. The fraction of sp³-hybridized carbons (Fsp3) is 0.350. The van der Waals surface area contributed by atoms with Gasteiger partial charge in [0.15, 0.2) is 0 Å². The third kappa shape index (κ3) is 4.20. The molecule has 1 fully saturated rings. The highest BCUT2D eigenvalue weighted by Crippen LogP contribution is 2.14. The van der Waals surface area contributed by atoms with Crippen molar-refractivity contribution in [2.45, 2.75) is 31.7 Å². The van der Waals surface area contributed by atoms with Gasteiger partial charge in [0.25, 0.3) is 0 Å². The van der Waals surface area contributed by atoms with E-state index in [0.717, 1.165) is 49.0 Å². The summed E-state index contributed by atoms with van der Waals surface area (Å²) in [5, 5.41) is 0. The molecule has 0 unspecified atom stereocenters. The first kappa shape index (κ1) is 16.7. The Bertz CT molecular complexity index is 676. The van der Waals surface area contributed by atoms with E-state index < -0.39 is 6.04 Å². The van der Waals surface area contributed by atoms with E-state index in [2.05, 4.69) is 0 Å². The van der Waals surface area contributed by atoms with Crippen LogP contribution in [0.2, 0.25) is 0 Å². The highest BCUT2D eigenvalue weighted by atomic mass is 19.1. The lowest BCUT2D eigenvalue weighted by molar-refractivity contribution is -0.131. The van der Waals surface area contributed by atoms with Crippen LogP contribution in [0.4, 0.5) is 4.39 Å². The first-order chi connectivity index (χ1) is 11.6. The first-order valence-electron chi connectivity index (χ1n) is 8.48. The molecule has 3 rings (SSSR count). The van der Waals surface area contributed by atoms with E-state index in [9.17, 15) is 9.18 Å². The van der Waals surface area contributed by atoms with Crippen molar-refractivity contribution in [1.29, 1.82) is 0 Å². The average molecular weight is 326 g/mol. The van der Waals surface area contributed by atoms with E-state index in [1.165, 1.54) is 12.1 Å². The molecule has 1 aliphatic heterocycles. The molecule has 1 saturated heterocycles. The van der Waals surface area contributed by atoms with Crippen LogP contribution < -0.4 is 5.73 Å². The van der Waals surface area contributed by atoms with E-state index in [1.54, 1.807) is 12.1 Å². The Morgan fingerprint density at radius 3 is 2.04 bits per heavy atom. The smallest absolute Gasteiger partial charge is 0.239 e. The number of likely N-dealkylation sites (tertiary alicyclic amines) is 1. The second-order valence-electron chi connectivity index (χ2n) is 6.46. The molecule has 1 atom stereocenters. The highest BCUT2D eigenvalue weighted by molar-refractivity contribution is 5.82. The summed E-state index contributed by atoms with van der Waals surface area (Å²) in [6.07, 6.45) is 3.48. The molecule has 4 heteroatoms. The normalized spacial score (nSPS) is 15.5. The van der Waals surface area contributed by atoms with E-state index in [0.29, 0.717) is 6.42 Å². The van der Waals surface area contributed by atoms with Gasteiger partial charge in [0.1, 0.15) is 5.82 Å². The Hall–Kier alpha value is -2.20. The van der Waals surface area contributed by atoms with Crippen LogP contribution >= 0.6 is 0 Å². The highest BCUT2D eigenvalue weighted by Gasteiger charge is 2.23. The summed E-state index contributed by atoms with van der Waals surface area (Å²) in [6, 6.07) is 14.2. The van der Waals surface area contributed by atoms with Crippen molar-refractivity contribution in [3.63, 3.8) is 0 Å². The Labute approximate surface area is 142 Å².